The van der Waals surface area contributed by atoms with Gasteiger partial charge in [-0.3, -0.25) is 4.79 Å². The molecular formula is C12H24N2O2S. The Morgan fingerprint density at radius 2 is 2.12 bits per heavy atom. The first-order valence-corrected chi connectivity index (χ1v) is 7.43. The van der Waals surface area contributed by atoms with Crippen molar-refractivity contribution in [2.75, 3.05) is 26.5 Å². The first-order chi connectivity index (χ1) is 8.13. The minimum Gasteiger partial charge on any atom is -0.383 e. The maximum absolute atomic E-state index is 11.7. The Balaban J connectivity index is 2.39. The molecule has 3 N–H and O–H groups in total. The van der Waals surface area contributed by atoms with Gasteiger partial charge in [-0.25, -0.2) is 0 Å². The highest BCUT2D eigenvalue weighted by Gasteiger charge is 2.31. The van der Waals surface area contributed by atoms with Gasteiger partial charge in [0.15, 0.2) is 0 Å². The Bertz CT molecular complexity index is 243. The Morgan fingerprint density at radius 3 is 2.65 bits per heavy atom. The third kappa shape index (κ3) is 4.48. The minimum atomic E-state index is -0.553. The van der Waals surface area contributed by atoms with Crippen molar-refractivity contribution in [2.24, 2.45) is 5.73 Å². The van der Waals surface area contributed by atoms with Crippen LogP contribution in [0.2, 0.25) is 0 Å². The average Bonchev–Trinajstić information content (AvgIpc) is 2.37. The van der Waals surface area contributed by atoms with Crippen molar-refractivity contribution >= 4 is 17.7 Å². The number of carbonyl (C=O) groups is 1. The SMILES string of the molecule is COCC(N)C(=O)NCC1(SC)CCCCC1. The van der Waals surface area contributed by atoms with Gasteiger partial charge in [0.25, 0.3) is 0 Å². The maximum atomic E-state index is 11.7. The highest BCUT2D eigenvalue weighted by atomic mass is 32.2. The molecule has 0 aliphatic heterocycles. The highest BCUT2D eigenvalue weighted by molar-refractivity contribution is 8.00. The van der Waals surface area contributed by atoms with Crippen molar-refractivity contribution in [1.29, 1.82) is 0 Å². The van der Waals surface area contributed by atoms with E-state index in [-0.39, 0.29) is 17.3 Å². The Morgan fingerprint density at radius 1 is 1.47 bits per heavy atom. The summed E-state index contributed by atoms with van der Waals surface area (Å²) in [7, 11) is 1.55. The molecule has 5 heteroatoms. The molecular weight excluding hydrogens is 236 g/mol. The van der Waals surface area contributed by atoms with Crippen LogP contribution >= 0.6 is 11.8 Å². The third-order valence-corrected chi connectivity index (χ3v) is 4.88. The molecule has 0 bridgehead atoms. The zero-order valence-electron chi connectivity index (χ0n) is 10.8. The molecule has 0 aromatic rings. The van der Waals surface area contributed by atoms with Crippen LogP contribution < -0.4 is 11.1 Å². The van der Waals surface area contributed by atoms with Crippen LogP contribution in [0.3, 0.4) is 0 Å². The molecule has 1 saturated carbocycles. The predicted molar refractivity (Wildman–Crippen MR) is 72.2 cm³/mol. The van der Waals surface area contributed by atoms with Crippen molar-refractivity contribution < 1.29 is 9.53 Å². The summed E-state index contributed by atoms with van der Waals surface area (Å²) in [5, 5.41) is 2.96. The van der Waals surface area contributed by atoms with Gasteiger partial charge in [0.1, 0.15) is 6.04 Å². The van der Waals surface area contributed by atoms with Crippen molar-refractivity contribution in [1.82, 2.24) is 5.32 Å². The number of amides is 1. The molecule has 100 valence electrons. The molecule has 1 aliphatic carbocycles. The third-order valence-electron chi connectivity index (χ3n) is 3.47. The topological polar surface area (TPSA) is 64.3 Å². The molecule has 0 heterocycles. The molecule has 1 atom stereocenters. The van der Waals surface area contributed by atoms with Crippen molar-refractivity contribution in [3.63, 3.8) is 0 Å². The summed E-state index contributed by atoms with van der Waals surface area (Å²) in [6, 6.07) is -0.553. The lowest BCUT2D eigenvalue weighted by Crippen LogP contribution is -2.49. The zero-order valence-corrected chi connectivity index (χ0v) is 11.6. The second-order valence-electron chi connectivity index (χ2n) is 4.73. The van der Waals surface area contributed by atoms with Crippen LogP contribution in [0.15, 0.2) is 0 Å². The smallest absolute Gasteiger partial charge is 0.239 e. The number of carbonyl (C=O) groups excluding carboxylic acids is 1. The number of ether oxygens (including phenoxy) is 1. The fourth-order valence-electron chi connectivity index (χ4n) is 2.28. The van der Waals surface area contributed by atoms with E-state index in [0.29, 0.717) is 0 Å². The van der Waals surface area contributed by atoms with Gasteiger partial charge >= 0.3 is 0 Å². The minimum absolute atomic E-state index is 0.106. The quantitative estimate of drug-likeness (QED) is 0.752. The molecule has 1 amide bonds. The van der Waals surface area contributed by atoms with Crippen molar-refractivity contribution in [2.45, 2.75) is 42.9 Å². The van der Waals surface area contributed by atoms with E-state index in [4.69, 9.17) is 10.5 Å². The van der Waals surface area contributed by atoms with Gasteiger partial charge in [-0.15, -0.1) is 0 Å². The summed E-state index contributed by atoms with van der Waals surface area (Å²) in [5.41, 5.74) is 5.68. The molecule has 1 aliphatic rings. The predicted octanol–water partition coefficient (Wildman–Crippen LogP) is 1.14. The van der Waals surface area contributed by atoms with Crippen LogP contribution in [0.4, 0.5) is 0 Å². The molecule has 4 nitrogen and oxygen atoms in total. The lowest BCUT2D eigenvalue weighted by atomic mass is 9.88. The second kappa shape index (κ2) is 7.24. The molecule has 0 radical (unpaired) electrons. The van der Waals surface area contributed by atoms with Crippen molar-refractivity contribution in [3.05, 3.63) is 0 Å². The molecule has 17 heavy (non-hydrogen) atoms. The van der Waals surface area contributed by atoms with Gasteiger partial charge in [-0.05, 0) is 19.1 Å². The van der Waals surface area contributed by atoms with Gasteiger partial charge in [0.05, 0.1) is 6.61 Å². The molecule has 1 unspecified atom stereocenters. The summed E-state index contributed by atoms with van der Waals surface area (Å²) in [6.07, 6.45) is 8.36. The van der Waals surface area contributed by atoms with Gasteiger partial charge in [-0.2, -0.15) is 11.8 Å². The van der Waals surface area contributed by atoms with Crippen LogP contribution in [0.1, 0.15) is 32.1 Å². The van der Waals surface area contributed by atoms with Gasteiger partial charge in [-0.1, -0.05) is 19.3 Å². The lowest BCUT2D eigenvalue weighted by Gasteiger charge is -2.36. The van der Waals surface area contributed by atoms with E-state index in [2.05, 4.69) is 11.6 Å². The number of thioether (sulfide) groups is 1. The maximum Gasteiger partial charge on any atom is 0.239 e. The normalized spacial score (nSPS) is 20.9. The Kier molecular flexibility index (Phi) is 6.30. The average molecular weight is 260 g/mol. The van der Waals surface area contributed by atoms with E-state index in [1.807, 2.05) is 11.8 Å². The molecule has 0 aromatic carbocycles. The fourth-order valence-corrected chi connectivity index (χ4v) is 3.20. The second-order valence-corrected chi connectivity index (χ2v) is 6.00. The van der Waals surface area contributed by atoms with E-state index in [1.54, 1.807) is 7.11 Å². The number of nitrogens with one attached hydrogen (secondary N) is 1. The highest BCUT2D eigenvalue weighted by Crippen LogP contribution is 2.37. The van der Waals surface area contributed by atoms with Gasteiger partial charge in [0, 0.05) is 18.4 Å². The van der Waals surface area contributed by atoms with E-state index in [0.717, 1.165) is 6.54 Å². The van der Waals surface area contributed by atoms with E-state index < -0.39 is 6.04 Å². The summed E-state index contributed by atoms with van der Waals surface area (Å²) >= 11 is 1.87. The first-order valence-electron chi connectivity index (χ1n) is 6.21. The van der Waals surface area contributed by atoms with Crippen LogP contribution in [-0.4, -0.2) is 43.2 Å². The van der Waals surface area contributed by atoms with Crippen LogP contribution in [-0.2, 0) is 9.53 Å². The Hall–Kier alpha value is -0.260. The summed E-state index contributed by atoms with van der Waals surface area (Å²) in [6.45, 7) is 1.00. The number of hydrogen-bond acceptors (Lipinski definition) is 4. The van der Waals surface area contributed by atoms with Gasteiger partial charge < -0.3 is 15.8 Å². The largest absolute Gasteiger partial charge is 0.383 e. The Labute approximate surface area is 108 Å². The van der Waals surface area contributed by atoms with Crippen LogP contribution in [0, 0.1) is 0 Å². The lowest BCUT2D eigenvalue weighted by molar-refractivity contribution is -0.123. The van der Waals surface area contributed by atoms with Crippen molar-refractivity contribution in [3.8, 4) is 0 Å². The number of methoxy groups -OCH3 is 1. The first kappa shape index (κ1) is 14.8. The van der Waals surface area contributed by atoms with E-state index in [1.165, 1.54) is 32.1 Å². The fraction of sp³-hybridized carbons (Fsp3) is 0.917. The number of rotatable bonds is 6. The monoisotopic (exact) mass is 260 g/mol. The standard InChI is InChI=1S/C12H24N2O2S/c1-16-8-10(13)11(15)14-9-12(17-2)6-4-3-5-7-12/h10H,3-9,13H2,1-2H3,(H,14,15). The molecule has 1 fully saturated rings. The summed E-state index contributed by atoms with van der Waals surface area (Å²) in [5.74, 6) is -0.106. The molecule has 0 saturated heterocycles. The zero-order chi connectivity index (χ0) is 12.7. The molecule has 0 spiro atoms. The van der Waals surface area contributed by atoms with Crippen LogP contribution in [0.25, 0.3) is 0 Å². The molecule has 1 rings (SSSR count). The molecule has 0 aromatic heterocycles. The summed E-state index contributed by atoms with van der Waals surface area (Å²) < 4.78 is 5.10. The van der Waals surface area contributed by atoms with Gasteiger partial charge in [0.2, 0.25) is 5.91 Å². The van der Waals surface area contributed by atoms with Crippen LogP contribution in [0.5, 0.6) is 0 Å². The number of nitrogens with two attached hydrogens (primary N) is 1. The number of hydrogen-bond donors (Lipinski definition) is 2. The van der Waals surface area contributed by atoms with E-state index in [9.17, 15) is 4.79 Å². The van der Waals surface area contributed by atoms with E-state index >= 15 is 0 Å². The summed E-state index contributed by atoms with van der Waals surface area (Å²) in [4.78, 5) is 11.7.